The molecule has 2 amide bonds. The molecule has 2 aromatic rings. The van der Waals surface area contributed by atoms with Crippen LogP contribution in [0.3, 0.4) is 0 Å². The molecule has 3 fully saturated rings. The molecule has 5 rings (SSSR count). The Morgan fingerprint density at radius 2 is 1.97 bits per heavy atom. The minimum atomic E-state index is -1.22. The molecule has 3 aliphatic heterocycles. The summed E-state index contributed by atoms with van der Waals surface area (Å²) in [5.41, 5.74) is 0.0485. The molecule has 0 aromatic heterocycles. The van der Waals surface area contributed by atoms with E-state index in [9.17, 15) is 19.5 Å². The molecular weight excluding hydrogens is 508 g/mol. The molecule has 1 spiro atoms. The second-order valence-electron chi connectivity index (χ2n) is 9.88. The van der Waals surface area contributed by atoms with E-state index in [1.807, 2.05) is 30.3 Å². The third-order valence-electron chi connectivity index (χ3n) is 7.94. The fourth-order valence-corrected chi connectivity index (χ4v) is 6.59. The average molecular weight is 539 g/mol. The van der Waals surface area contributed by atoms with E-state index in [0.29, 0.717) is 29.1 Å². The number of benzene rings is 2. The minimum Gasteiger partial charge on any atom is -0.466 e. The van der Waals surface area contributed by atoms with Gasteiger partial charge in [-0.2, -0.15) is 0 Å². The number of aliphatic hydroxyl groups excluding tert-OH is 1. The molecule has 0 radical (unpaired) electrons. The Balaban J connectivity index is 1.64. The maximum atomic E-state index is 14.5. The van der Waals surface area contributed by atoms with Gasteiger partial charge in [0.15, 0.2) is 0 Å². The van der Waals surface area contributed by atoms with Crippen LogP contribution in [0.4, 0.5) is 5.69 Å². The lowest BCUT2D eigenvalue weighted by molar-refractivity contribution is -0.155. The van der Waals surface area contributed by atoms with Crippen molar-refractivity contribution in [1.29, 1.82) is 0 Å². The van der Waals surface area contributed by atoms with Gasteiger partial charge in [-0.25, -0.2) is 0 Å². The minimum absolute atomic E-state index is 0.176. The fourth-order valence-electron chi connectivity index (χ4n) is 6.46. The van der Waals surface area contributed by atoms with Crippen molar-refractivity contribution in [2.75, 3.05) is 24.7 Å². The Bertz CT molecular complexity index is 1220. The molecule has 1 N–H and O–H groups in total. The van der Waals surface area contributed by atoms with Crippen LogP contribution in [0, 0.1) is 11.8 Å². The highest BCUT2D eigenvalue weighted by Gasteiger charge is 2.75. The van der Waals surface area contributed by atoms with Crippen LogP contribution >= 0.6 is 11.6 Å². The highest BCUT2D eigenvalue weighted by atomic mass is 35.5. The van der Waals surface area contributed by atoms with Crippen LogP contribution in [0.2, 0.25) is 5.02 Å². The number of amides is 2. The Morgan fingerprint density at radius 3 is 2.61 bits per heavy atom. The normalized spacial score (nSPS) is 28.2. The zero-order chi connectivity index (χ0) is 27.0. The van der Waals surface area contributed by atoms with Crippen molar-refractivity contribution in [1.82, 2.24) is 4.90 Å². The van der Waals surface area contributed by atoms with E-state index in [1.54, 1.807) is 42.2 Å². The van der Waals surface area contributed by atoms with Crippen LogP contribution < -0.4 is 4.90 Å². The van der Waals surface area contributed by atoms with E-state index >= 15 is 0 Å². The van der Waals surface area contributed by atoms with Crippen molar-refractivity contribution in [3.05, 3.63) is 77.8 Å². The molecule has 0 saturated carbocycles. The second kappa shape index (κ2) is 10.5. The maximum Gasteiger partial charge on any atom is 0.312 e. The van der Waals surface area contributed by atoms with Gasteiger partial charge in [0.05, 0.1) is 37.2 Å². The van der Waals surface area contributed by atoms with Crippen LogP contribution in [-0.2, 0) is 23.9 Å². The molecule has 8 nitrogen and oxygen atoms in total. The lowest BCUT2D eigenvalue weighted by Crippen LogP contribution is -2.57. The number of carbonyl (C=O) groups is 3. The van der Waals surface area contributed by atoms with Gasteiger partial charge >= 0.3 is 5.97 Å². The second-order valence-corrected chi connectivity index (χ2v) is 10.3. The van der Waals surface area contributed by atoms with Gasteiger partial charge in [0.2, 0.25) is 5.91 Å². The predicted molar refractivity (Wildman–Crippen MR) is 141 cm³/mol. The summed E-state index contributed by atoms with van der Waals surface area (Å²) in [6.45, 7) is 5.49. The molecular formula is C29H31ClN2O6. The van der Waals surface area contributed by atoms with E-state index in [4.69, 9.17) is 21.1 Å². The van der Waals surface area contributed by atoms with Crippen molar-refractivity contribution in [3.8, 4) is 0 Å². The van der Waals surface area contributed by atoms with Gasteiger partial charge in [-0.15, -0.1) is 6.58 Å². The van der Waals surface area contributed by atoms with Crippen LogP contribution in [0.5, 0.6) is 0 Å². The Kier molecular flexibility index (Phi) is 7.31. The van der Waals surface area contributed by atoms with Gasteiger partial charge < -0.3 is 24.4 Å². The number of aliphatic hydroxyl groups is 1. The highest BCUT2D eigenvalue weighted by molar-refractivity contribution is 6.30. The van der Waals surface area contributed by atoms with Gasteiger partial charge in [-0.1, -0.05) is 48.0 Å². The van der Waals surface area contributed by atoms with Gasteiger partial charge in [0.1, 0.15) is 11.6 Å². The number of rotatable bonds is 9. The average Bonchev–Trinajstić information content (AvgIpc) is 3.57. The molecule has 6 atom stereocenters. The zero-order valence-electron chi connectivity index (χ0n) is 21.2. The standard InChI is InChI=1S/C29H31ClN2O6/c1-3-16-31(20-12-10-19(30)11-13-20)27(35)25-29-15-14-22(38-29)23(28(36)37-4-2)24(29)26(34)32(25)21(17-33)18-8-6-5-7-9-18/h3,5-13,21-25,33H,1,4,14-17H2,2H3/t21-,22-,23+,24+,25?,29?/m1/s1. The van der Waals surface area contributed by atoms with Gasteiger partial charge in [0, 0.05) is 17.3 Å². The molecule has 38 heavy (non-hydrogen) atoms. The third-order valence-corrected chi connectivity index (χ3v) is 8.19. The summed E-state index contributed by atoms with van der Waals surface area (Å²) in [6, 6.07) is 14.0. The Labute approximate surface area is 226 Å². The summed E-state index contributed by atoms with van der Waals surface area (Å²) < 4.78 is 11.8. The largest absolute Gasteiger partial charge is 0.466 e. The number of carbonyl (C=O) groups excluding carboxylic acids is 3. The molecule has 200 valence electrons. The first-order valence-corrected chi connectivity index (χ1v) is 13.3. The summed E-state index contributed by atoms with van der Waals surface area (Å²) in [6.07, 6.45) is 2.07. The first kappa shape index (κ1) is 26.4. The number of nitrogens with zero attached hydrogens (tertiary/aromatic N) is 2. The molecule has 3 aliphatic rings. The lowest BCUT2D eigenvalue weighted by atomic mass is 9.70. The van der Waals surface area contributed by atoms with E-state index < -0.39 is 48.2 Å². The maximum absolute atomic E-state index is 14.5. The fraction of sp³-hybridized carbons (Fsp3) is 0.414. The van der Waals surface area contributed by atoms with Crippen LogP contribution in [0.15, 0.2) is 67.3 Å². The van der Waals surface area contributed by atoms with E-state index in [1.165, 1.54) is 4.90 Å². The molecule has 3 heterocycles. The van der Waals surface area contributed by atoms with Crippen molar-refractivity contribution < 1.29 is 29.0 Å². The topological polar surface area (TPSA) is 96.4 Å². The predicted octanol–water partition coefficient (Wildman–Crippen LogP) is 3.53. The Morgan fingerprint density at radius 1 is 1.26 bits per heavy atom. The number of hydrogen-bond acceptors (Lipinski definition) is 6. The SMILES string of the molecule is C=CCN(C(=O)C1N([C@H](CO)c2ccccc2)C(=O)[C@@H]2[C@@H](C(=O)OCC)[C@H]3CCC12O3)c1ccc(Cl)cc1. The van der Waals surface area contributed by atoms with Crippen LogP contribution in [0.25, 0.3) is 0 Å². The molecule has 0 aliphatic carbocycles. The lowest BCUT2D eigenvalue weighted by Gasteiger charge is -2.39. The molecule has 2 unspecified atom stereocenters. The molecule has 2 bridgehead atoms. The first-order chi connectivity index (χ1) is 18.4. The smallest absolute Gasteiger partial charge is 0.312 e. The van der Waals surface area contributed by atoms with E-state index in [-0.39, 0.29) is 25.0 Å². The van der Waals surface area contributed by atoms with Crippen molar-refractivity contribution in [3.63, 3.8) is 0 Å². The number of likely N-dealkylation sites (tertiary alicyclic amines) is 1. The summed E-state index contributed by atoms with van der Waals surface area (Å²) >= 11 is 6.10. The van der Waals surface area contributed by atoms with Crippen molar-refractivity contribution >= 4 is 35.1 Å². The van der Waals surface area contributed by atoms with Crippen molar-refractivity contribution in [2.24, 2.45) is 11.8 Å². The summed E-state index contributed by atoms with van der Waals surface area (Å²) in [4.78, 5) is 44.8. The van der Waals surface area contributed by atoms with E-state index in [0.717, 1.165) is 0 Å². The number of hydrogen-bond donors (Lipinski definition) is 1. The van der Waals surface area contributed by atoms with Gasteiger partial charge in [-0.05, 0) is 49.6 Å². The Hall–Kier alpha value is -3.20. The summed E-state index contributed by atoms with van der Waals surface area (Å²) in [5, 5.41) is 11.1. The summed E-state index contributed by atoms with van der Waals surface area (Å²) in [5.74, 6) is -2.95. The first-order valence-electron chi connectivity index (χ1n) is 12.9. The molecule has 3 saturated heterocycles. The quantitative estimate of drug-likeness (QED) is 0.387. The number of ether oxygens (including phenoxy) is 2. The summed E-state index contributed by atoms with van der Waals surface area (Å²) in [7, 11) is 0. The number of esters is 1. The molecule has 2 aromatic carbocycles. The van der Waals surface area contributed by atoms with Crippen molar-refractivity contribution in [2.45, 2.75) is 43.6 Å². The van der Waals surface area contributed by atoms with Crippen LogP contribution in [-0.4, -0.2) is 65.3 Å². The van der Waals surface area contributed by atoms with Gasteiger partial charge in [0.25, 0.3) is 5.91 Å². The monoisotopic (exact) mass is 538 g/mol. The third kappa shape index (κ3) is 4.11. The van der Waals surface area contributed by atoms with Crippen LogP contribution in [0.1, 0.15) is 31.4 Å². The zero-order valence-corrected chi connectivity index (χ0v) is 21.9. The highest BCUT2D eigenvalue weighted by Crippen LogP contribution is 2.60. The number of anilines is 1. The van der Waals surface area contributed by atoms with Gasteiger partial charge in [-0.3, -0.25) is 14.4 Å². The molecule has 9 heteroatoms. The van der Waals surface area contributed by atoms with E-state index in [2.05, 4.69) is 6.58 Å². The number of halogens is 1. The number of fused-ring (bicyclic) bond motifs is 1.